The van der Waals surface area contributed by atoms with E-state index >= 15 is 0 Å². The van der Waals surface area contributed by atoms with Gasteiger partial charge in [-0.05, 0) is 0 Å². The monoisotopic (exact) mass is 302 g/mol. The third kappa shape index (κ3) is 5.49. The number of ether oxygens (including phenoxy) is 2. The minimum Gasteiger partial charge on any atom is -0.394 e. The molecular weight excluding hydrogens is 289 g/mol. The van der Waals surface area contributed by atoms with Crippen molar-refractivity contribution < 1.29 is 45.3 Å². The van der Waals surface area contributed by atoms with E-state index in [1.807, 2.05) is 0 Å². The van der Waals surface area contributed by atoms with Gasteiger partial charge >= 0.3 is 18.0 Å². The standard InChI is InChI=1S/C9H13F7O3/c10-7(8(11,12)13,9(14,15)16)1-3-18-5-6-19-4-2-17/h17H,1-6H2. The van der Waals surface area contributed by atoms with E-state index in [1.54, 1.807) is 0 Å². The Morgan fingerprint density at radius 3 is 1.47 bits per heavy atom. The number of aliphatic hydroxyl groups excluding tert-OH is 1. The van der Waals surface area contributed by atoms with Crippen LogP contribution in [0.25, 0.3) is 0 Å². The quantitative estimate of drug-likeness (QED) is 0.552. The molecule has 0 unspecified atom stereocenters. The molecule has 0 heterocycles. The van der Waals surface area contributed by atoms with Crippen LogP contribution in [-0.4, -0.2) is 56.2 Å². The van der Waals surface area contributed by atoms with Gasteiger partial charge in [-0.2, -0.15) is 26.3 Å². The molecule has 0 saturated heterocycles. The molecule has 0 aromatic carbocycles. The number of alkyl halides is 7. The van der Waals surface area contributed by atoms with Gasteiger partial charge in [-0.25, -0.2) is 4.39 Å². The highest BCUT2D eigenvalue weighted by Gasteiger charge is 2.71. The smallest absolute Gasteiger partial charge is 0.394 e. The van der Waals surface area contributed by atoms with Gasteiger partial charge in [0.2, 0.25) is 0 Å². The predicted octanol–water partition coefficient (Wildman–Crippen LogP) is 2.23. The van der Waals surface area contributed by atoms with E-state index in [1.165, 1.54) is 0 Å². The first-order chi connectivity index (χ1) is 8.56. The molecule has 0 aromatic rings. The van der Waals surface area contributed by atoms with Crippen molar-refractivity contribution in [3.05, 3.63) is 0 Å². The van der Waals surface area contributed by atoms with Crippen molar-refractivity contribution >= 4 is 0 Å². The number of hydrogen-bond acceptors (Lipinski definition) is 3. The van der Waals surface area contributed by atoms with Crippen molar-refractivity contribution in [1.29, 1.82) is 0 Å². The predicted molar refractivity (Wildman–Crippen MR) is 49.3 cm³/mol. The van der Waals surface area contributed by atoms with E-state index in [4.69, 9.17) is 5.11 Å². The highest BCUT2D eigenvalue weighted by atomic mass is 19.4. The first-order valence-corrected chi connectivity index (χ1v) is 5.15. The fourth-order valence-electron chi connectivity index (χ4n) is 1.04. The van der Waals surface area contributed by atoms with Crippen LogP contribution >= 0.6 is 0 Å². The molecule has 0 aliphatic heterocycles. The summed E-state index contributed by atoms with van der Waals surface area (Å²) in [6.07, 6.45) is -14.0. The van der Waals surface area contributed by atoms with Crippen LogP contribution in [0.15, 0.2) is 0 Å². The Bertz CT molecular complexity index is 237. The van der Waals surface area contributed by atoms with E-state index in [0.29, 0.717) is 0 Å². The lowest BCUT2D eigenvalue weighted by atomic mass is 10.0. The third-order valence-corrected chi connectivity index (χ3v) is 2.10. The lowest BCUT2D eigenvalue weighted by Crippen LogP contribution is -2.53. The summed E-state index contributed by atoms with van der Waals surface area (Å²) < 4.78 is 94.5. The Kier molecular flexibility index (Phi) is 7.01. The average molecular weight is 302 g/mol. The first kappa shape index (κ1) is 18.4. The number of halogens is 7. The largest absolute Gasteiger partial charge is 0.431 e. The molecule has 116 valence electrons. The van der Waals surface area contributed by atoms with Crippen molar-refractivity contribution in [3.63, 3.8) is 0 Å². The molecule has 0 aliphatic rings. The summed E-state index contributed by atoms with van der Waals surface area (Å²) in [4.78, 5) is 0. The zero-order valence-electron chi connectivity index (χ0n) is 9.65. The van der Waals surface area contributed by atoms with Crippen LogP contribution in [0.1, 0.15) is 6.42 Å². The molecule has 19 heavy (non-hydrogen) atoms. The lowest BCUT2D eigenvalue weighted by molar-refractivity contribution is -0.345. The van der Waals surface area contributed by atoms with Gasteiger partial charge in [0.05, 0.1) is 33.0 Å². The molecule has 3 nitrogen and oxygen atoms in total. The summed E-state index contributed by atoms with van der Waals surface area (Å²) in [5.41, 5.74) is -5.29. The Morgan fingerprint density at radius 2 is 1.11 bits per heavy atom. The van der Waals surface area contributed by atoms with Gasteiger partial charge in [-0.15, -0.1) is 0 Å². The lowest BCUT2D eigenvalue weighted by Gasteiger charge is -2.29. The van der Waals surface area contributed by atoms with Crippen LogP contribution in [0.3, 0.4) is 0 Å². The number of hydrogen-bond donors (Lipinski definition) is 1. The molecule has 0 bridgehead atoms. The summed E-state index contributed by atoms with van der Waals surface area (Å²) in [5, 5.41) is 8.29. The normalized spacial score (nSPS) is 13.9. The number of aliphatic hydroxyl groups is 1. The van der Waals surface area contributed by atoms with Crippen LogP contribution in [0.5, 0.6) is 0 Å². The second-order valence-corrected chi connectivity index (χ2v) is 3.50. The van der Waals surface area contributed by atoms with Crippen molar-refractivity contribution in [3.8, 4) is 0 Å². The van der Waals surface area contributed by atoms with E-state index in [0.717, 1.165) is 0 Å². The summed E-state index contributed by atoms with van der Waals surface area (Å²) in [6, 6.07) is 0. The SMILES string of the molecule is OCCOCCOCCC(F)(C(F)(F)F)C(F)(F)F. The van der Waals surface area contributed by atoms with Crippen molar-refractivity contribution in [1.82, 2.24) is 0 Å². The van der Waals surface area contributed by atoms with Gasteiger partial charge in [-0.1, -0.05) is 0 Å². The molecule has 0 aromatic heterocycles. The summed E-state index contributed by atoms with van der Waals surface area (Å²) >= 11 is 0. The van der Waals surface area contributed by atoms with Crippen LogP contribution < -0.4 is 0 Å². The van der Waals surface area contributed by atoms with E-state index in [-0.39, 0.29) is 26.4 Å². The molecular formula is C9H13F7O3. The maximum absolute atomic E-state index is 13.0. The van der Waals surface area contributed by atoms with Crippen molar-refractivity contribution in [2.24, 2.45) is 0 Å². The maximum Gasteiger partial charge on any atom is 0.431 e. The molecule has 0 spiro atoms. The molecule has 0 radical (unpaired) electrons. The molecule has 1 N–H and O–H groups in total. The van der Waals surface area contributed by atoms with Crippen LogP contribution in [0.2, 0.25) is 0 Å². The van der Waals surface area contributed by atoms with Gasteiger partial charge < -0.3 is 14.6 Å². The van der Waals surface area contributed by atoms with Crippen LogP contribution in [-0.2, 0) is 9.47 Å². The minimum absolute atomic E-state index is 0.0402. The fraction of sp³-hybridized carbons (Fsp3) is 1.00. The van der Waals surface area contributed by atoms with Crippen LogP contribution in [0, 0.1) is 0 Å². The van der Waals surface area contributed by atoms with Gasteiger partial charge in [0.1, 0.15) is 0 Å². The molecule has 0 atom stereocenters. The maximum atomic E-state index is 13.0. The Balaban J connectivity index is 4.18. The molecule has 0 saturated carbocycles. The van der Waals surface area contributed by atoms with Crippen molar-refractivity contribution in [2.45, 2.75) is 24.4 Å². The highest BCUT2D eigenvalue weighted by Crippen LogP contribution is 2.48. The van der Waals surface area contributed by atoms with Gasteiger partial charge in [0.25, 0.3) is 0 Å². The fourth-order valence-corrected chi connectivity index (χ4v) is 1.04. The second-order valence-electron chi connectivity index (χ2n) is 3.50. The second kappa shape index (κ2) is 7.25. The van der Waals surface area contributed by atoms with Gasteiger partial charge in [-0.3, -0.25) is 0 Å². The Labute approximate surface area is 104 Å². The Morgan fingerprint density at radius 1 is 0.684 bits per heavy atom. The zero-order chi connectivity index (χ0) is 15.2. The zero-order valence-corrected chi connectivity index (χ0v) is 9.65. The average Bonchev–Trinajstić information content (AvgIpc) is 2.24. The molecule has 0 aliphatic carbocycles. The Hall–Kier alpha value is -0.610. The number of rotatable bonds is 8. The van der Waals surface area contributed by atoms with E-state index in [2.05, 4.69) is 9.47 Å². The van der Waals surface area contributed by atoms with E-state index < -0.39 is 31.0 Å². The molecule has 10 heteroatoms. The highest BCUT2D eigenvalue weighted by molar-refractivity contribution is 4.94. The summed E-state index contributed by atoms with van der Waals surface area (Å²) in [6.45, 7) is -1.81. The van der Waals surface area contributed by atoms with E-state index in [9.17, 15) is 30.7 Å². The third-order valence-electron chi connectivity index (χ3n) is 2.10. The molecule has 0 fully saturated rings. The first-order valence-electron chi connectivity index (χ1n) is 5.15. The van der Waals surface area contributed by atoms with Crippen molar-refractivity contribution in [2.75, 3.05) is 33.0 Å². The molecule has 0 amide bonds. The van der Waals surface area contributed by atoms with Gasteiger partial charge in [0, 0.05) is 6.42 Å². The minimum atomic E-state index is -6.05. The van der Waals surface area contributed by atoms with Gasteiger partial charge in [0.15, 0.2) is 0 Å². The topological polar surface area (TPSA) is 38.7 Å². The summed E-state index contributed by atoms with van der Waals surface area (Å²) in [5.74, 6) is 0. The summed E-state index contributed by atoms with van der Waals surface area (Å²) in [7, 11) is 0. The van der Waals surface area contributed by atoms with Crippen LogP contribution in [0.4, 0.5) is 30.7 Å². The molecule has 0 rings (SSSR count).